The van der Waals surface area contributed by atoms with E-state index < -0.39 is 0 Å². The molecule has 4 nitrogen and oxygen atoms in total. The zero-order valence-corrected chi connectivity index (χ0v) is 11.1. The zero-order valence-electron chi connectivity index (χ0n) is 9.69. The molecule has 5 heteroatoms. The maximum absolute atomic E-state index is 10.9. The molecule has 0 aromatic carbocycles. The van der Waals surface area contributed by atoms with Crippen molar-refractivity contribution in [1.82, 2.24) is 0 Å². The van der Waals surface area contributed by atoms with E-state index in [2.05, 4.69) is 0 Å². The molecule has 0 bridgehead atoms. The van der Waals surface area contributed by atoms with E-state index in [1.807, 2.05) is 0 Å². The summed E-state index contributed by atoms with van der Waals surface area (Å²) in [6.07, 6.45) is 3.98. The van der Waals surface area contributed by atoms with Crippen molar-refractivity contribution < 1.29 is 19.0 Å². The largest absolute Gasteiger partial charge is 0.463 e. The van der Waals surface area contributed by atoms with Gasteiger partial charge in [-0.3, -0.25) is 0 Å². The summed E-state index contributed by atoms with van der Waals surface area (Å²) in [4.78, 5) is 10.9. The minimum Gasteiger partial charge on any atom is -0.463 e. The average molecular weight is 232 g/mol. The molecule has 0 N–H and O–H groups in total. The summed E-state index contributed by atoms with van der Waals surface area (Å²) >= 11 is 0. The lowest BCUT2D eigenvalue weighted by Gasteiger charge is -2.11. The van der Waals surface area contributed by atoms with Gasteiger partial charge in [-0.2, -0.15) is 0 Å². The van der Waals surface area contributed by atoms with E-state index >= 15 is 0 Å². The molecule has 0 heterocycles. The van der Waals surface area contributed by atoms with Crippen LogP contribution in [0, 0.1) is 0 Å². The van der Waals surface area contributed by atoms with E-state index in [4.69, 9.17) is 14.2 Å². The number of allylic oxidation sites excluding steroid dienone is 1. The highest BCUT2D eigenvalue weighted by Crippen LogP contribution is 1.97. The number of carbonyl (C=O) groups excluding carboxylic acids is 1. The molecule has 0 radical (unpaired) electrons. The Bertz CT molecular complexity index is 190. The molecule has 0 aromatic heterocycles. The number of hydrogen-bond donors (Lipinski definition) is 0. The number of ether oxygens (including phenoxy) is 3. The maximum atomic E-state index is 10.9. The van der Waals surface area contributed by atoms with Crippen LogP contribution in [0.1, 0.15) is 13.3 Å². The van der Waals surface area contributed by atoms with Crippen LogP contribution >= 0.6 is 0 Å². The van der Waals surface area contributed by atoms with Gasteiger partial charge in [0, 0.05) is 20.3 Å². The summed E-state index contributed by atoms with van der Waals surface area (Å²) < 4.78 is 15.1. The van der Waals surface area contributed by atoms with Crippen LogP contribution in [0.15, 0.2) is 12.2 Å². The molecule has 0 aliphatic heterocycles. The number of esters is 1. The van der Waals surface area contributed by atoms with E-state index in [9.17, 15) is 4.79 Å². The Hall–Kier alpha value is -0.653. The Kier molecular flexibility index (Phi) is 9.45. The molecule has 0 amide bonds. The molecule has 15 heavy (non-hydrogen) atoms. The number of carbonyl (C=O) groups is 1. The Morgan fingerprint density at radius 2 is 2.07 bits per heavy atom. The molecule has 0 aromatic rings. The van der Waals surface area contributed by atoms with Crippen molar-refractivity contribution in [3.63, 3.8) is 0 Å². The minimum atomic E-state index is -0.385. The molecule has 0 spiro atoms. The summed E-state index contributed by atoms with van der Waals surface area (Å²) in [5.41, 5.74) is 0. The molecule has 0 atom stereocenters. The second kappa shape index (κ2) is 9.89. The van der Waals surface area contributed by atoms with Crippen LogP contribution in [0.25, 0.3) is 0 Å². The van der Waals surface area contributed by atoms with Gasteiger partial charge >= 0.3 is 5.97 Å². The van der Waals surface area contributed by atoms with Gasteiger partial charge in [-0.25, -0.2) is 4.79 Å². The molecular formula is C10H20O4Si. The normalized spacial score (nSPS) is 12.0. The van der Waals surface area contributed by atoms with Crippen LogP contribution in [-0.4, -0.2) is 42.2 Å². The number of methoxy groups -OCH3 is 2. The van der Waals surface area contributed by atoms with Gasteiger partial charge in [0.1, 0.15) is 5.91 Å². The second-order valence-corrected chi connectivity index (χ2v) is 5.02. The van der Waals surface area contributed by atoms with Crippen molar-refractivity contribution in [2.45, 2.75) is 25.3 Å². The van der Waals surface area contributed by atoms with Crippen LogP contribution < -0.4 is 0 Å². The Balaban J connectivity index is 3.35. The monoisotopic (exact) mass is 232 g/mol. The number of rotatable bonds is 8. The fourth-order valence-electron chi connectivity index (χ4n) is 1.10. The first-order valence-corrected chi connectivity index (χ1v) is 6.91. The summed E-state index contributed by atoms with van der Waals surface area (Å²) in [6.45, 7) is 2.27. The molecule has 0 saturated carbocycles. The molecule has 0 saturated heterocycles. The molecular weight excluding hydrogens is 212 g/mol. The molecule has 0 fully saturated rings. The van der Waals surface area contributed by atoms with Crippen molar-refractivity contribution in [3.05, 3.63) is 12.2 Å². The lowest BCUT2D eigenvalue weighted by Crippen LogP contribution is -2.21. The molecule has 0 unspecified atom stereocenters. The summed E-state index contributed by atoms with van der Waals surface area (Å²) in [6, 6.07) is 1.05. The van der Waals surface area contributed by atoms with Crippen LogP contribution in [-0.2, 0) is 19.0 Å². The van der Waals surface area contributed by atoms with E-state index in [-0.39, 0.29) is 21.4 Å². The molecule has 0 rings (SSSR count). The van der Waals surface area contributed by atoms with Gasteiger partial charge in [-0.15, -0.1) is 0 Å². The maximum Gasteiger partial charge on any atom is 0.330 e. The standard InChI is InChI=1S/C10H20O4Si/c1-4-6-9(11)14-7-5-8-15-10(12-2)13-3/h4,6,10H,5,7-8,15H2,1-3H3. The first kappa shape index (κ1) is 14.3. The highest BCUT2D eigenvalue weighted by atomic mass is 28.2. The van der Waals surface area contributed by atoms with E-state index in [0.29, 0.717) is 6.61 Å². The Labute approximate surface area is 93.4 Å². The third kappa shape index (κ3) is 8.35. The fraction of sp³-hybridized carbons (Fsp3) is 0.700. The third-order valence-electron chi connectivity index (χ3n) is 1.91. The minimum absolute atomic E-state index is 0.0174. The lowest BCUT2D eigenvalue weighted by molar-refractivity contribution is -0.137. The van der Waals surface area contributed by atoms with Crippen molar-refractivity contribution in [2.24, 2.45) is 0 Å². The third-order valence-corrected chi connectivity index (χ3v) is 3.95. The van der Waals surface area contributed by atoms with Crippen molar-refractivity contribution in [2.75, 3.05) is 20.8 Å². The quantitative estimate of drug-likeness (QED) is 0.203. The fourth-order valence-corrected chi connectivity index (χ4v) is 2.40. The van der Waals surface area contributed by atoms with Gasteiger partial charge in [0.05, 0.1) is 16.1 Å². The van der Waals surface area contributed by atoms with Gasteiger partial charge < -0.3 is 14.2 Å². The topological polar surface area (TPSA) is 44.8 Å². The van der Waals surface area contributed by atoms with Crippen molar-refractivity contribution in [1.29, 1.82) is 0 Å². The number of hydrogen-bond acceptors (Lipinski definition) is 4. The summed E-state index contributed by atoms with van der Waals surface area (Å²) in [5.74, 6) is -0.287. The highest BCUT2D eigenvalue weighted by molar-refractivity contribution is 6.36. The van der Waals surface area contributed by atoms with Crippen LogP contribution in [0.5, 0.6) is 0 Å². The van der Waals surface area contributed by atoms with E-state index in [0.717, 1.165) is 12.5 Å². The highest BCUT2D eigenvalue weighted by Gasteiger charge is 2.05. The van der Waals surface area contributed by atoms with Crippen LogP contribution in [0.3, 0.4) is 0 Å². The summed E-state index contributed by atoms with van der Waals surface area (Å²) in [5, 5.41) is 0. The van der Waals surface area contributed by atoms with Crippen molar-refractivity contribution in [3.8, 4) is 0 Å². The Morgan fingerprint density at radius 3 is 2.60 bits per heavy atom. The van der Waals surface area contributed by atoms with Gasteiger partial charge in [-0.05, 0) is 13.3 Å². The summed E-state index contributed by atoms with van der Waals surface area (Å²) in [7, 11) is 2.91. The van der Waals surface area contributed by atoms with Crippen LogP contribution in [0.4, 0.5) is 0 Å². The van der Waals surface area contributed by atoms with E-state index in [1.165, 1.54) is 6.08 Å². The first-order chi connectivity index (χ1) is 7.24. The van der Waals surface area contributed by atoms with E-state index in [1.54, 1.807) is 27.2 Å². The SMILES string of the molecule is CC=CC(=O)OCCC[SiH2]C(OC)OC. The van der Waals surface area contributed by atoms with Gasteiger partial charge in [0.15, 0.2) is 0 Å². The Morgan fingerprint density at radius 1 is 1.40 bits per heavy atom. The second-order valence-electron chi connectivity index (χ2n) is 3.06. The van der Waals surface area contributed by atoms with Crippen LogP contribution in [0.2, 0.25) is 6.04 Å². The smallest absolute Gasteiger partial charge is 0.330 e. The molecule has 0 aliphatic carbocycles. The lowest BCUT2D eigenvalue weighted by atomic mass is 10.5. The van der Waals surface area contributed by atoms with Crippen molar-refractivity contribution >= 4 is 15.5 Å². The van der Waals surface area contributed by atoms with Gasteiger partial charge in [-0.1, -0.05) is 12.1 Å². The average Bonchev–Trinajstić information content (AvgIpc) is 2.24. The van der Waals surface area contributed by atoms with Gasteiger partial charge in [0.2, 0.25) is 0 Å². The predicted molar refractivity (Wildman–Crippen MR) is 61.5 cm³/mol. The first-order valence-electron chi connectivity index (χ1n) is 5.09. The zero-order chi connectivity index (χ0) is 11.5. The molecule has 0 aliphatic rings. The predicted octanol–water partition coefficient (Wildman–Crippen LogP) is 0.659. The van der Waals surface area contributed by atoms with Gasteiger partial charge in [0.25, 0.3) is 0 Å². The molecule has 88 valence electrons.